The highest BCUT2D eigenvalue weighted by Crippen LogP contribution is 2.40. The van der Waals surface area contributed by atoms with Crippen LogP contribution in [0.5, 0.6) is 11.5 Å². The highest BCUT2D eigenvalue weighted by Gasteiger charge is 2.41. The Hall–Kier alpha value is -3.58. The van der Waals surface area contributed by atoms with Gasteiger partial charge in [0.15, 0.2) is 16.7 Å². The number of carbonyl (C=O) groups excluding carboxylic acids is 1. The molecule has 0 bridgehead atoms. The minimum Gasteiger partial charge on any atom is -0.493 e. The Morgan fingerprint density at radius 1 is 1.03 bits per heavy atom. The molecule has 0 radical (unpaired) electrons. The second-order valence-corrected chi connectivity index (χ2v) is 10.7. The van der Waals surface area contributed by atoms with Crippen molar-refractivity contribution < 1.29 is 18.7 Å². The number of nitrogens with zero attached hydrogens (tertiary/aromatic N) is 2. The Bertz CT molecular complexity index is 1340. The van der Waals surface area contributed by atoms with Crippen LogP contribution in [0.2, 0.25) is 0 Å². The van der Waals surface area contributed by atoms with Crippen LogP contribution < -0.4 is 9.47 Å². The molecule has 1 aliphatic heterocycles. The standard InChI is InChI=1S/C31H31FN2O3S/c1-21-8-6-7-11-26(21)34-30(35)29(38-31(34)33-25-9-4-3-5-10-25)19-23-14-17-27(28(18-23)36-2)37-20-22-12-15-24(32)16-13-22/h3-5,9-10,12-19,21,26H,6-8,11,20H2,1-2H3/b29-19-,33-31?/t21-,26+/m1/s1. The van der Waals surface area contributed by atoms with E-state index in [-0.39, 0.29) is 17.8 Å². The first-order chi connectivity index (χ1) is 18.5. The number of hydrogen-bond acceptors (Lipinski definition) is 5. The monoisotopic (exact) mass is 530 g/mol. The van der Waals surface area contributed by atoms with Crippen LogP contribution in [0.15, 0.2) is 82.7 Å². The van der Waals surface area contributed by atoms with Gasteiger partial charge in [0.05, 0.1) is 17.7 Å². The second kappa shape index (κ2) is 11.9. The lowest BCUT2D eigenvalue weighted by Gasteiger charge is -2.35. The fourth-order valence-corrected chi connectivity index (χ4v) is 5.98. The summed E-state index contributed by atoms with van der Waals surface area (Å²) < 4.78 is 24.7. The summed E-state index contributed by atoms with van der Waals surface area (Å²) in [5.74, 6) is 1.28. The van der Waals surface area contributed by atoms with Crippen LogP contribution in [0.1, 0.15) is 43.7 Å². The average Bonchev–Trinajstić information content (AvgIpc) is 3.23. The zero-order valence-electron chi connectivity index (χ0n) is 21.6. The van der Waals surface area contributed by atoms with Crippen LogP contribution in [0, 0.1) is 11.7 Å². The molecule has 0 spiro atoms. The minimum absolute atomic E-state index is 0.000894. The molecule has 196 valence electrons. The predicted octanol–water partition coefficient (Wildman–Crippen LogP) is 7.60. The largest absolute Gasteiger partial charge is 0.493 e. The van der Waals surface area contributed by atoms with Crippen LogP contribution >= 0.6 is 11.8 Å². The van der Waals surface area contributed by atoms with Crippen molar-refractivity contribution in [3.05, 3.63) is 94.6 Å². The van der Waals surface area contributed by atoms with Gasteiger partial charge in [-0.15, -0.1) is 0 Å². The number of para-hydroxylation sites is 1. The molecule has 2 fully saturated rings. The number of ether oxygens (including phenoxy) is 2. The maximum Gasteiger partial charge on any atom is 0.267 e. The number of amides is 1. The predicted molar refractivity (Wildman–Crippen MR) is 151 cm³/mol. The van der Waals surface area contributed by atoms with Gasteiger partial charge in [0.2, 0.25) is 0 Å². The number of thioether (sulfide) groups is 1. The maximum absolute atomic E-state index is 13.7. The molecule has 0 N–H and O–H groups in total. The van der Waals surface area contributed by atoms with Crippen LogP contribution in [0.25, 0.3) is 6.08 Å². The van der Waals surface area contributed by atoms with E-state index < -0.39 is 0 Å². The van der Waals surface area contributed by atoms with E-state index in [0.717, 1.165) is 41.2 Å². The zero-order valence-corrected chi connectivity index (χ0v) is 22.4. The number of benzene rings is 3. The van der Waals surface area contributed by atoms with Crippen molar-refractivity contribution in [2.75, 3.05) is 7.11 Å². The lowest BCUT2D eigenvalue weighted by atomic mass is 9.85. The van der Waals surface area contributed by atoms with Gasteiger partial charge >= 0.3 is 0 Å². The molecule has 1 heterocycles. The number of carbonyl (C=O) groups is 1. The maximum atomic E-state index is 13.7. The van der Waals surface area contributed by atoms with Gasteiger partial charge in [-0.2, -0.15) is 0 Å². The van der Waals surface area contributed by atoms with E-state index in [1.807, 2.05) is 59.5 Å². The van der Waals surface area contributed by atoms with Crippen molar-refractivity contribution >= 4 is 34.6 Å². The van der Waals surface area contributed by atoms with E-state index in [1.165, 1.54) is 30.3 Å². The third kappa shape index (κ3) is 5.94. The number of methoxy groups -OCH3 is 1. The lowest BCUT2D eigenvalue weighted by Crippen LogP contribution is -2.44. The van der Waals surface area contributed by atoms with E-state index in [9.17, 15) is 9.18 Å². The summed E-state index contributed by atoms with van der Waals surface area (Å²) in [7, 11) is 1.59. The number of aliphatic imine (C=N–C) groups is 1. The highest BCUT2D eigenvalue weighted by molar-refractivity contribution is 8.18. The first-order valence-corrected chi connectivity index (χ1v) is 13.8. The third-order valence-electron chi connectivity index (χ3n) is 7.01. The molecule has 1 amide bonds. The average molecular weight is 531 g/mol. The molecule has 38 heavy (non-hydrogen) atoms. The van der Waals surface area contributed by atoms with Crippen LogP contribution in [-0.2, 0) is 11.4 Å². The molecule has 3 aromatic carbocycles. The summed E-state index contributed by atoms with van der Waals surface area (Å²) in [6, 6.07) is 21.7. The van der Waals surface area contributed by atoms with Gasteiger partial charge in [0.1, 0.15) is 12.4 Å². The molecule has 1 saturated carbocycles. The molecule has 0 unspecified atom stereocenters. The van der Waals surface area contributed by atoms with Gasteiger partial charge in [0, 0.05) is 6.04 Å². The lowest BCUT2D eigenvalue weighted by molar-refractivity contribution is -0.124. The van der Waals surface area contributed by atoms with Crippen LogP contribution in [0.4, 0.5) is 10.1 Å². The van der Waals surface area contributed by atoms with Crippen molar-refractivity contribution in [2.45, 2.75) is 45.3 Å². The van der Waals surface area contributed by atoms with Crippen molar-refractivity contribution in [2.24, 2.45) is 10.9 Å². The Balaban J connectivity index is 1.40. The molecule has 2 aliphatic rings. The van der Waals surface area contributed by atoms with Gasteiger partial charge in [-0.1, -0.05) is 56.2 Å². The topological polar surface area (TPSA) is 51.1 Å². The Morgan fingerprint density at radius 3 is 2.53 bits per heavy atom. The van der Waals surface area contributed by atoms with Crippen molar-refractivity contribution in [1.82, 2.24) is 4.90 Å². The first-order valence-electron chi connectivity index (χ1n) is 12.9. The van der Waals surface area contributed by atoms with Gasteiger partial charge in [-0.3, -0.25) is 9.69 Å². The molecule has 0 aromatic heterocycles. The van der Waals surface area contributed by atoms with Crippen LogP contribution in [0.3, 0.4) is 0 Å². The summed E-state index contributed by atoms with van der Waals surface area (Å²) in [4.78, 5) is 21.2. The molecule has 5 nitrogen and oxygen atoms in total. The quantitative estimate of drug-likeness (QED) is 0.295. The Kier molecular flexibility index (Phi) is 8.13. The molecular weight excluding hydrogens is 499 g/mol. The van der Waals surface area contributed by atoms with Gasteiger partial charge < -0.3 is 9.47 Å². The SMILES string of the molecule is COc1cc(/C=C2\SC(=Nc3ccccc3)N([C@H]3CCCC[C@H]3C)C2=O)ccc1OCc1ccc(F)cc1. The molecule has 7 heteroatoms. The van der Waals surface area contributed by atoms with E-state index in [0.29, 0.717) is 28.9 Å². The number of halogens is 1. The highest BCUT2D eigenvalue weighted by atomic mass is 32.2. The Labute approximate surface area is 227 Å². The normalized spacial score (nSPS) is 21.8. The first kappa shape index (κ1) is 26.0. The molecule has 1 saturated heterocycles. The zero-order chi connectivity index (χ0) is 26.5. The van der Waals surface area contributed by atoms with Crippen molar-refractivity contribution in [1.29, 1.82) is 0 Å². The number of amidine groups is 1. The Morgan fingerprint density at radius 2 is 1.79 bits per heavy atom. The second-order valence-electron chi connectivity index (χ2n) is 9.67. The summed E-state index contributed by atoms with van der Waals surface area (Å²) in [5, 5.41) is 0.734. The number of rotatable bonds is 7. The summed E-state index contributed by atoms with van der Waals surface area (Å²) in [6.45, 7) is 2.53. The van der Waals surface area contributed by atoms with E-state index in [2.05, 4.69) is 6.92 Å². The van der Waals surface area contributed by atoms with Gasteiger partial charge in [0.25, 0.3) is 5.91 Å². The summed E-state index contributed by atoms with van der Waals surface area (Å²) in [6.07, 6.45) is 6.33. The van der Waals surface area contributed by atoms with Crippen molar-refractivity contribution in [3.63, 3.8) is 0 Å². The van der Waals surface area contributed by atoms with Crippen molar-refractivity contribution in [3.8, 4) is 11.5 Å². The summed E-state index contributed by atoms with van der Waals surface area (Å²) in [5.41, 5.74) is 2.53. The van der Waals surface area contributed by atoms with Crippen LogP contribution in [-0.4, -0.2) is 29.1 Å². The smallest absolute Gasteiger partial charge is 0.267 e. The molecule has 1 aliphatic carbocycles. The molecular formula is C31H31FN2O3S. The fraction of sp³-hybridized carbons (Fsp3) is 0.290. The van der Waals surface area contributed by atoms with E-state index >= 15 is 0 Å². The van der Waals surface area contributed by atoms with E-state index in [4.69, 9.17) is 14.5 Å². The molecule has 2 atom stereocenters. The number of hydrogen-bond donors (Lipinski definition) is 0. The molecule has 5 rings (SSSR count). The van der Waals surface area contributed by atoms with Gasteiger partial charge in [-0.25, -0.2) is 9.38 Å². The minimum atomic E-state index is -0.281. The van der Waals surface area contributed by atoms with E-state index in [1.54, 1.807) is 19.2 Å². The van der Waals surface area contributed by atoms with Gasteiger partial charge in [-0.05, 0) is 84.1 Å². The molecule has 3 aromatic rings. The summed E-state index contributed by atoms with van der Waals surface area (Å²) >= 11 is 1.42. The fourth-order valence-electron chi connectivity index (χ4n) is 4.94. The third-order valence-corrected chi connectivity index (χ3v) is 7.99.